The molecule has 0 saturated carbocycles. The first-order chi connectivity index (χ1) is 6.60. The first-order valence-electron chi connectivity index (χ1n) is 3.58. The van der Waals surface area contributed by atoms with Crippen LogP contribution in [0.25, 0.3) is 0 Å². The first-order valence-corrected chi connectivity index (χ1v) is 5.20. The van der Waals surface area contributed by atoms with Gasteiger partial charge in [-0.1, -0.05) is 0 Å². The van der Waals surface area contributed by atoms with E-state index >= 15 is 0 Å². The van der Waals surface area contributed by atoms with E-state index in [0.717, 1.165) is 0 Å². The molecule has 1 heterocycles. The van der Waals surface area contributed by atoms with Crippen LogP contribution in [0.5, 0.6) is 0 Å². The van der Waals surface area contributed by atoms with E-state index in [4.69, 9.17) is 11.6 Å². The van der Waals surface area contributed by atoms with E-state index in [1.54, 1.807) is 0 Å². The molecule has 0 bridgehead atoms. The van der Waals surface area contributed by atoms with Crippen molar-refractivity contribution in [1.29, 1.82) is 0 Å². The fourth-order valence-electron chi connectivity index (χ4n) is 0.951. The molecule has 2 nitrogen and oxygen atoms in total. The van der Waals surface area contributed by atoms with Crippen molar-refractivity contribution in [3.05, 3.63) is 26.6 Å². The summed E-state index contributed by atoms with van der Waals surface area (Å²) >= 11 is 7.36. The fourth-order valence-corrected chi connectivity index (χ4v) is 2.24. The third kappa shape index (κ3) is 2.38. The summed E-state index contributed by atoms with van der Waals surface area (Å²) in [5.41, 5.74) is -0.125. The molecule has 0 unspecified atom stereocenters. The maximum absolute atomic E-state index is 12.5. The van der Waals surface area contributed by atoms with Gasteiger partial charge in [-0.15, -0.1) is 11.6 Å². The smallest absolute Gasteiger partial charge is 0.280 e. The number of hydrogen-bond acceptors (Lipinski definition) is 2. The third-order valence-corrected chi connectivity index (χ3v) is 2.81. The van der Waals surface area contributed by atoms with E-state index in [1.165, 1.54) is 6.07 Å². The molecule has 0 saturated heterocycles. The van der Waals surface area contributed by atoms with E-state index in [1.807, 2.05) is 22.6 Å². The number of pyridine rings is 1. The highest BCUT2D eigenvalue weighted by atomic mass is 127. The minimum absolute atomic E-state index is 0.00133. The molecule has 14 heavy (non-hydrogen) atoms. The summed E-state index contributed by atoms with van der Waals surface area (Å²) in [6.45, 7) is 0. The van der Waals surface area contributed by atoms with Gasteiger partial charge in [0, 0.05) is 9.13 Å². The lowest BCUT2D eigenvalue weighted by atomic mass is 10.2. The second-order valence-corrected chi connectivity index (χ2v) is 3.87. The van der Waals surface area contributed by atoms with E-state index in [2.05, 4.69) is 4.98 Å². The Bertz CT molecular complexity index is 359. The average Bonchev–Trinajstić information content (AvgIpc) is 2.16. The number of nitrogens with zero attached hydrogens (tertiary/aromatic N) is 1. The van der Waals surface area contributed by atoms with Crippen molar-refractivity contribution in [3.63, 3.8) is 0 Å². The van der Waals surface area contributed by atoms with Crippen LogP contribution in [0, 0.1) is 3.57 Å². The second kappa shape index (κ2) is 4.97. The molecular weight excluding hydrogens is 326 g/mol. The van der Waals surface area contributed by atoms with Gasteiger partial charge in [0.2, 0.25) is 0 Å². The lowest BCUT2D eigenvalue weighted by Crippen LogP contribution is -2.03. The van der Waals surface area contributed by atoms with Crippen LogP contribution >= 0.6 is 34.2 Å². The molecule has 0 atom stereocenters. The number of carbonyl (C=O) groups excluding carboxylic acids is 1. The number of alkyl halides is 3. The lowest BCUT2D eigenvalue weighted by Gasteiger charge is -2.07. The Hall–Kier alpha value is -0.300. The Morgan fingerprint density at radius 2 is 2.29 bits per heavy atom. The summed E-state index contributed by atoms with van der Waals surface area (Å²) in [7, 11) is 0. The largest absolute Gasteiger partial charge is 0.296 e. The molecule has 1 aromatic heterocycles. The zero-order chi connectivity index (χ0) is 10.7. The van der Waals surface area contributed by atoms with Gasteiger partial charge in [-0.3, -0.25) is 4.79 Å². The van der Waals surface area contributed by atoms with E-state index in [9.17, 15) is 13.6 Å². The van der Waals surface area contributed by atoms with Crippen LogP contribution in [0.15, 0.2) is 6.07 Å². The average molecular weight is 331 g/mol. The summed E-state index contributed by atoms with van der Waals surface area (Å²) in [4.78, 5) is 13.9. The number of rotatable bonds is 3. The van der Waals surface area contributed by atoms with Crippen molar-refractivity contribution in [3.8, 4) is 0 Å². The van der Waals surface area contributed by atoms with E-state index in [0.29, 0.717) is 9.86 Å². The second-order valence-electron chi connectivity index (χ2n) is 2.44. The van der Waals surface area contributed by atoms with Crippen LogP contribution in [0.2, 0.25) is 0 Å². The molecule has 0 aliphatic carbocycles. The zero-order valence-electron chi connectivity index (χ0n) is 6.81. The predicted octanol–water partition coefficient (Wildman–Crippen LogP) is 3.18. The molecule has 0 amide bonds. The number of aromatic nitrogens is 1. The van der Waals surface area contributed by atoms with Gasteiger partial charge < -0.3 is 0 Å². The van der Waals surface area contributed by atoms with Gasteiger partial charge in [0.25, 0.3) is 6.43 Å². The molecule has 0 N–H and O–H groups in total. The summed E-state index contributed by atoms with van der Waals surface area (Å²) < 4.78 is 25.5. The van der Waals surface area contributed by atoms with Crippen molar-refractivity contribution < 1.29 is 13.6 Å². The third-order valence-electron chi connectivity index (χ3n) is 1.58. The molecule has 1 aromatic rings. The molecule has 76 valence electrons. The molecule has 0 fully saturated rings. The molecular formula is C8H5ClF2INO. The number of halogens is 4. The maximum atomic E-state index is 12.5. The van der Waals surface area contributed by atoms with Crippen LogP contribution in [0.4, 0.5) is 8.78 Å². The molecule has 0 spiro atoms. The van der Waals surface area contributed by atoms with Crippen LogP contribution in [0.3, 0.4) is 0 Å². The van der Waals surface area contributed by atoms with E-state index < -0.39 is 12.1 Å². The predicted molar refractivity (Wildman–Crippen MR) is 56.9 cm³/mol. The van der Waals surface area contributed by atoms with Crippen molar-refractivity contribution >= 4 is 40.5 Å². The van der Waals surface area contributed by atoms with Gasteiger partial charge in [-0.25, -0.2) is 13.8 Å². The van der Waals surface area contributed by atoms with Crippen molar-refractivity contribution in [2.45, 2.75) is 12.3 Å². The highest BCUT2D eigenvalue weighted by Gasteiger charge is 2.17. The normalized spacial score (nSPS) is 10.6. The number of hydrogen-bond donors (Lipinski definition) is 0. The van der Waals surface area contributed by atoms with Crippen molar-refractivity contribution in [2.75, 3.05) is 0 Å². The van der Waals surface area contributed by atoms with Crippen LogP contribution in [0.1, 0.15) is 28.2 Å². The summed E-state index contributed by atoms with van der Waals surface area (Å²) in [5, 5.41) is 0. The Kier molecular flexibility index (Phi) is 4.18. The summed E-state index contributed by atoms with van der Waals surface area (Å²) in [6.07, 6.45) is -2.27. The Balaban J connectivity index is 3.35. The minimum Gasteiger partial charge on any atom is -0.296 e. The molecule has 0 aliphatic rings. The van der Waals surface area contributed by atoms with Gasteiger partial charge in [0.15, 0.2) is 6.29 Å². The first kappa shape index (κ1) is 11.8. The minimum atomic E-state index is -2.71. The number of carbonyl (C=O) groups is 1. The Labute approximate surface area is 97.8 Å². The number of aldehydes is 1. The van der Waals surface area contributed by atoms with Crippen molar-refractivity contribution in [1.82, 2.24) is 4.98 Å². The van der Waals surface area contributed by atoms with Gasteiger partial charge in [0.1, 0.15) is 11.4 Å². The summed E-state index contributed by atoms with van der Waals surface area (Å²) in [6, 6.07) is 1.43. The maximum Gasteiger partial charge on any atom is 0.280 e. The zero-order valence-corrected chi connectivity index (χ0v) is 9.72. The fraction of sp³-hybridized carbons (Fsp3) is 0.250. The Morgan fingerprint density at radius 3 is 2.71 bits per heavy atom. The van der Waals surface area contributed by atoms with E-state index in [-0.39, 0.29) is 17.1 Å². The molecule has 0 aliphatic heterocycles. The summed E-state index contributed by atoms with van der Waals surface area (Å²) in [5.74, 6) is -0.0376. The SMILES string of the molecule is O=Cc1cc(I)c(CCl)c(C(F)F)n1. The van der Waals surface area contributed by atoms with Crippen LogP contribution in [-0.4, -0.2) is 11.3 Å². The highest BCUT2D eigenvalue weighted by Crippen LogP contribution is 2.26. The molecule has 0 aromatic carbocycles. The van der Waals surface area contributed by atoms with Crippen LogP contribution in [-0.2, 0) is 5.88 Å². The van der Waals surface area contributed by atoms with Crippen molar-refractivity contribution in [2.24, 2.45) is 0 Å². The monoisotopic (exact) mass is 331 g/mol. The van der Waals surface area contributed by atoms with Gasteiger partial charge in [0.05, 0.1) is 5.88 Å². The molecule has 6 heteroatoms. The van der Waals surface area contributed by atoms with Crippen LogP contribution < -0.4 is 0 Å². The highest BCUT2D eigenvalue weighted by molar-refractivity contribution is 14.1. The van der Waals surface area contributed by atoms with Gasteiger partial charge >= 0.3 is 0 Å². The molecule has 1 rings (SSSR count). The quantitative estimate of drug-likeness (QED) is 0.484. The standard InChI is InChI=1S/C8H5ClF2INO/c9-2-5-6(12)1-4(3-14)13-7(5)8(10)11/h1,3,8H,2H2. The molecule has 0 radical (unpaired) electrons. The topological polar surface area (TPSA) is 30.0 Å². The lowest BCUT2D eigenvalue weighted by molar-refractivity contribution is 0.111. The van der Waals surface area contributed by atoms with Gasteiger partial charge in [-0.2, -0.15) is 0 Å². The Morgan fingerprint density at radius 1 is 1.64 bits per heavy atom. The van der Waals surface area contributed by atoms with Gasteiger partial charge in [-0.05, 0) is 28.7 Å².